The smallest absolute Gasteiger partial charge is 0.349 e. The number of nitrogens with zero attached hydrogens (tertiary/aromatic N) is 2. The molecule has 0 atom stereocenters. The van der Waals surface area contributed by atoms with Crippen molar-refractivity contribution in [3.05, 3.63) is 71.4 Å². The number of nitrogens with one attached hydrogen (secondary N) is 3. The van der Waals surface area contributed by atoms with E-state index in [1.54, 1.807) is 0 Å². The third kappa shape index (κ3) is 6.51. The summed E-state index contributed by atoms with van der Waals surface area (Å²) in [6.07, 6.45) is -2.98. The summed E-state index contributed by atoms with van der Waals surface area (Å²) in [7, 11) is 0. The van der Waals surface area contributed by atoms with Crippen molar-refractivity contribution in [3.8, 4) is 0 Å². The second-order valence-electron chi connectivity index (χ2n) is 8.87. The first-order valence-electron chi connectivity index (χ1n) is 11.8. The van der Waals surface area contributed by atoms with E-state index in [2.05, 4.69) is 25.8 Å². The quantitative estimate of drug-likeness (QED) is 0.464. The molecule has 1 aliphatic rings. The fraction of sp³-hybridized carbons (Fsp3) is 0.346. The number of alkyl halides is 3. The molecule has 3 aromatic rings. The number of rotatable bonds is 6. The third-order valence-corrected chi connectivity index (χ3v) is 6.20. The van der Waals surface area contributed by atoms with Gasteiger partial charge in [0.25, 0.3) is 5.91 Å². The van der Waals surface area contributed by atoms with Crippen LogP contribution in [-0.4, -0.2) is 54.0 Å². The zero-order chi connectivity index (χ0) is 25.7. The predicted octanol–water partition coefficient (Wildman–Crippen LogP) is 4.58. The van der Waals surface area contributed by atoms with E-state index in [-0.39, 0.29) is 23.5 Å². The highest BCUT2D eigenvalue weighted by atomic mass is 19.4. The van der Waals surface area contributed by atoms with Crippen LogP contribution in [0.25, 0.3) is 10.9 Å². The third-order valence-electron chi connectivity index (χ3n) is 6.20. The molecule has 3 N–H and O–H groups in total. The summed E-state index contributed by atoms with van der Waals surface area (Å²) in [4.78, 5) is 31.5. The fourth-order valence-corrected chi connectivity index (χ4v) is 4.29. The predicted molar refractivity (Wildman–Crippen MR) is 132 cm³/mol. The van der Waals surface area contributed by atoms with E-state index in [9.17, 15) is 22.8 Å². The molecule has 0 bridgehead atoms. The number of hydrogen-bond donors (Lipinski definition) is 3. The van der Waals surface area contributed by atoms with Gasteiger partial charge in [0.2, 0.25) is 0 Å². The Kier molecular flexibility index (Phi) is 7.73. The highest BCUT2D eigenvalue weighted by Gasteiger charge is 2.30. The van der Waals surface area contributed by atoms with Gasteiger partial charge in [0.15, 0.2) is 0 Å². The minimum atomic E-state index is -4.43. The Bertz CT molecular complexity index is 1220. The molecule has 0 radical (unpaired) electrons. The van der Waals surface area contributed by atoms with Gasteiger partial charge in [-0.25, -0.2) is 4.79 Å². The largest absolute Gasteiger partial charge is 0.416 e. The lowest BCUT2D eigenvalue weighted by Crippen LogP contribution is -2.46. The normalized spacial score (nSPS) is 15.0. The number of piperidine rings is 1. The number of pyridine rings is 1. The van der Waals surface area contributed by atoms with Gasteiger partial charge in [-0.2, -0.15) is 13.2 Å². The number of aryl methyl sites for hydroxylation is 1. The minimum absolute atomic E-state index is 0.0458. The van der Waals surface area contributed by atoms with Crippen LogP contribution >= 0.6 is 0 Å². The average Bonchev–Trinajstić information content (AvgIpc) is 2.84. The minimum Gasteiger partial charge on any atom is -0.349 e. The van der Waals surface area contributed by atoms with Crippen LogP contribution in [0.2, 0.25) is 0 Å². The number of carbonyl (C=O) groups excluding carboxylic acids is 2. The molecule has 0 aliphatic carbocycles. The number of fused-ring (bicyclic) bond motifs is 1. The molecular weight excluding hydrogens is 471 g/mol. The van der Waals surface area contributed by atoms with Gasteiger partial charge in [-0.3, -0.25) is 9.78 Å². The highest BCUT2D eigenvalue weighted by molar-refractivity contribution is 6.00. The Hall–Kier alpha value is -3.66. The number of urea groups is 1. The van der Waals surface area contributed by atoms with Crippen molar-refractivity contribution in [2.45, 2.75) is 32.0 Å². The molecule has 2 aromatic carbocycles. The summed E-state index contributed by atoms with van der Waals surface area (Å²) in [5.74, 6) is -0.376. The van der Waals surface area contributed by atoms with Crippen LogP contribution in [0.5, 0.6) is 0 Å². The number of benzene rings is 2. The van der Waals surface area contributed by atoms with Crippen LogP contribution < -0.4 is 16.0 Å². The van der Waals surface area contributed by atoms with E-state index in [0.29, 0.717) is 18.8 Å². The Morgan fingerprint density at radius 3 is 2.44 bits per heavy atom. The zero-order valence-corrected chi connectivity index (χ0v) is 19.9. The number of para-hydroxylation sites is 1. The lowest BCUT2D eigenvalue weighted by Gasteiger charge is -2.32. The van der Waals surface area contributed by atoms with Crippen LogP contribution in [0.4, 0.5) is 23.7 Å². The molecule has 10 heteroatoms. The van der Waals surface area contributed by atoms with Crippen LogP contribution in [0.1, 0.15) is 34.5 Å². The molecule has 3 amide bonds. The molecule has 1 saturated heterocycles. The van der Waals surface area contributed by atoms with Crippen molar-refractivity contribution < 1.29 is 22.8 Å². The number of halogens is 3. The summed E-state index contributed by atoms with van der Waals surface area (Å²) >= 11 is 0. The highest BCUT2D eigenvalue weighted by Crippen LogP contribution is 2.29. The van der Waals surface area contributed by atoms with Crippen LogP contribution in [0, 0.1) is 6.92 Å². The maximum atomic E-state index is 12.7. The second kappa shape index (κ2) is 10.9. The zero-order valence-electron chi connectivity index (χ0n) is 19.9. The number of aromatic nitrogens is 1. The van der Waals surface area contributed by atoms with Gasteiger partial charge in [-0.1, -0.05) is 18.2 Å². The van der Waals surface area contributed by atoms with Crippen molar-refractivity contribution in [1.82, 2.24) is 20.5 Å². The van der Waals surface area contributed by atoms with Gasteiger partial charge in [0, 0.05) is 48.9 Å². The van der Waals surface area contributed by atoms with Crippen molar-refractivity contribution in [1.29, 1.82) is 0 Å². The summed E-state index contributed by atoms with van der Waals surface area (Å²) in [6.45, 7) is 4.51. The van der Waals surface area contributed by atoms with E-state index in [0.717, 1.165) is 54.7 Å². The standard InChI is InChI=1S/C26H28F3N5O2/c1-17-16-23(21-4-2-3-5-22(21)31-17)33-25(36)30-12-15-34-13-10-20(11-14-34)32-24(35)18-6-8-19(9-7-18)26(27,28)29/h2-9,16,20H,10-15H2,1H3,(H,32,35)(H2,30,31,33,36). The molecular formula is C26H28F3N5O2. The molecule has 1 aromatic heterocycles. The number of anilines is 1. The molecule has 0 saturated carbocycles. The van der Waals surface area contributed by atoms with Gasteiger partial charge < -0.3 is 20.9 Å². The van der Waals surface area contributed by atoms with Gasteiger partial charge in [0.05, 0.1) is 16.8 Å². The first kappa shape index (κ1) is 25.4. The van der Waals surface area contributed by atoms with E-state index in [1.165, 1.54) is 12.1 Å². The monoisotopic (exact) mass is 499 g/mol. The lowest BCUT2D eigenvalue weighted by molar-refractivity contribution is -0.137. The van der Waals surface area contributed by atoms with Crippen molar-refractivity contribution in [2.75, 3.05) is 31.5 Å². The molecule has 7 nitrogen and oxygen atoms in total. The van der Waals surface area contributed by atoms with Gasteiger partial charge in [0.1, 0.15) is 0 Å². The molecule has 36 heavy (non-hydrogen) atoms. The van der Waals surface area contributed by atoms with Crippen molar-refractivity contribution in [3.63, 3.8) is 0 Å². The molecule has 4 rings (SSSR count). The Morgan fingerprint density at radius 1 is 1.06 bits per heavy atom. The SMILES string of the molecule is Cc1cc(NC(=O)NCCN2CCC(NC(=O)c3ccc(C(F)(F)F)cc3)CC2)c2ccccc2n1. The molecule has 0 spiro atoms. The number of hydrogen-bond acceptors (Lipinski definition) is 4. The fourth-order valence-electron chi connectivity index (χ4n) is 4.29. The van der Waals surface area contributed by atoms with E-state index < -0.39 is 11.7 Å². The molecule has 190 valence electrons. The van der Waals surface area contributed by atoms with Gasteiger partial charge in [-0.05, 0) is 56.2 Å². The first-order valence-corrected chi connectivity index (χ1v) is 11.8. The Labute approximate surface area is 207 Å². The van der Waals surface area contributed by atoms with E-state index >= 15 is 0 Å². The lowest BCUT2D eigenvalue weighted by atomic mass is 10.0. The number of carbonyl (C=O) groups is 2. The van der Waals surface area contributed by atoms with Crippen LogP contribution in [0.15, 0.2) is 54.6 Å². The molecule has 2 heterocycles. The van der Waals surface area contributed by atoms with Gasteiger partial charge >= 0.3 is 12.2 Å². The summed E-state index contributed by atoms with van der Waals surface area (Å²) in [6, 6.07) is 13.3. The first-order chi connectivity index (χ1) is 17.2. The topological polar surface area (TPSA) is 86.4 Å². The number of likely N-dealkylation sites (tertiary alicyclic amines) is 1. The summed E-state index contributed by atoms with van der Waals surface area (Å²) < 4.78 is 38.1. The van der Waals surface area contributed by atoms with E-state index in [4.69, 9.17) is 0 Å². The molecule has 1 aliphatic heterocycles. The Balaban J connectivity index is 1.18. The Morgan fingerprint density at radius 2 is 1.75 bits per heavy atom. The summed E-state index contributed by atoms with van der Waals surface area (Å²) in [5.41, 5.74) is 1.77. The van der Waals surface area contributed by atoms with Crippen LogP contribution in [0.3, 0.4) is 0 Å². The van der Waals surface area contributed by atoms with Crippen molar-refractivity contribution >= 4 is 28.5 Å². The maximum Gasteiger partial charge on any atom is 0.416 e. The second-order valence-corrected chi connectivity index (χ2v) is 8.87. The van der Waals surface area contributed by atoms with E-state index in [1.807, 2.05) is 37.3 Å². The number of amides is 3. The van der Waals surface area contributed by atoms with Crippen LogP contribution in [-0.2, 0) is 6.18 Å². The van der Waals surface area contributed by atoms with Crippen molar-refractivity contribution in [2.24, 2.45) is 0 Å². The maximum absolute atomic E-state index is 12.7. The summed E-state index contributed by atoms with van der Waals surface area (Å²) in [5, 5.41) is 9.56. The average molecular weight is 500 g/mol. The van der Waals surface area contributed by atoms with Gasteiger partial charge in [-0.15, -0.1) is 0 Å². The molecule has 0 unspecified atom stereocenters. The molecule has 1 fully saturated rings.